The summed E-state index contributed by atoms with van der Waals surface area (Å²) in [5.74, 6) is 0. The Morgan fingerprint density at radius 1 is 1.27 bits per heavy atom. The van der Waals surface area contributed by atoms with Gasteiger partial charge in [0, 0.05) is 5.69 Å². The Kier molecular flexibility index (Phi) is 4.86. The molecule has 0 aliphatic rings. The molecular weight excluding hydrogens is 210 g/mol. The number of nitrogen functional groups attached to an aromatic ring is 1. The molecule has 1 aromatic rings. The molecule has 0 saturated carbocycles. The maximum atomic E-state index is 7.46. The first-order chi connectivity index (χ1) is 4.63. The van der Waals surface area contributed by atoms with Crippen LogP contribution in [-0.2, 0) is 0 Å². The van der Waals surface area contributed by atoms with Gasteiger partial charge in [0.25, 0.3) is 0 Å². The predicted octanol–water partition coefficient (Wildman–Crippen LogP) is -0.427. The van der Waals surface area contributed by atoms with Crippen LogP contribution in [0.25, 0.3) is 5.73 Å². The van der Waals surface area contributed by atoms with Crippen LogP contribution in [0.15, 0.2) is 12.1 Å². The monoisotopic (exact) mass is 220 g/mol. The van der Waals surface area contributed by atoms with Gasteiger partial charge in [-0.05, 0) is 25.5 Å². The smallest absolute Gasteiger partial charge is 0.697 e. The number of rotatable bonds is 0. The number of benzene rings is 1. The fourth-order valence-electron chi connectivity index (χ4n) is 0.837. The molecule has 0 atom stereocenters. The average molecular weight is 221 g/mol. The molecule has 54 valence electrons. The van der Waals surface area contributed by atoms with E-state index in [-0.39, 0.29) is 58.2 Å². The topological polar surface area (TPSA) is 49.8 Å². The molecule has 0 amide bonds. The van der Waals surface area contributed by atoms with Gasteiger partial charge in [-0.1, -0.05) is 11.6 Å². The van der Waals surface area contributed by atoms with Gasteiger partial charge in [-0.25, -0.2) is 0 Å². The van der Waals surface area contributed by atoms with Crippen LogP contribution in [0.4, 0.5) is 11.4 Å². The summed E-state index contributed by atoms with van der Waals surface area (Å²) in [6.07, 6.45) is 0. The molecule has 0 aliphatic heterocycles. The quantitative estimate of drug-likeness (QED) is 0.593. The van der Waals surface area contributed by atoms with Crippen molar-refractivity contribution in [2.75, 3.05) is 5.73 Å². The van der Waals surface area contributed by atoms with Crippen molar-refractivity contribution in [1.29, 1.82) is 0 Å². The fraction of sp³-hybridized carbons (Fsp3) is 0.250. The number of aryl methyl sites for hydroxylation is 1. The molecule has 2 nitrogen and oxygen atoms in total. The second kappa shape index (κ2) is 4.60. The Morgan fingerprint density at radius 2 is 1.82 bits per heavy atom. The molecule has 3 N–H and O–H groups in total. The molecule has 3 heteroatoms. The zero-order valence-corrected chi connectivity index (χ0v) is 12.1. The minimum Gasteiger partial charge on any atom is -0.697 e. The van der Waals surface area contributed by atoms with Gasteiger partial charge in [0.05, 0.1) is 0 Å². The first kappa shape index (κ1) is 11.6. The standard InChI is InChI=1S/C8H11N2.Rb/c1-5-3-4-7(9)8(10)6(5)2;/h3-4,10H,9H2,1-2H3;/q-1;+1. The van der Waals surface area contributed by atoms with E-state index in [1.807, 2.05) is 19.9 Å². The van der Waals surface area contributed by atoms with Crippen LogP contribution in [0.2, 0.25) is 0 Å². The number of anilines is 1. The van der Waals surface area contributed by atoms with Gasteiger partial charge >= 0.3 is 58.2 Å². The summed E-state index contributed by atoms with van der Waals surface area (Å²) in [4.78, 5) is 0. The van der Waals surface area contributed by atoms with Crippen molar-refractivity contribution in [1.82, 2.24) is 0 Å². The Bertz CT molecular complexity index is 232. The van der Waals surface area contributed by atoms with Gasteiger partial charge in [-0.2, -0.15) is 0 Å². The molecule has 0 aliphatic carbocycles. The molecule has 0 radical (unpaired) electrons. The van der Waals surface area contributed by atoms with Crippen molar-refractivity contribution < 1.29 is 58.2 Å². The summed E-state index contributed by atoms with van der Waals surface area (Å²) in [5.41, 5.74) is 16.1. The average Bonchev–Trinajstić information content (AvgIpc) is 1.93. The third kappa shape index (κ3) is 2.54. The van der Waals surface area contributed by atoms with Crippen LogP contribution in [0, 0.1) is 13.8 Å². The molecule has 1 aromatic carbocycles. The number of hydrogen-bond donors (Lipinski definition) is 1. The van der Waals surface area contributed by atoms with E-state index in [2.05, 4.69) is 0 Å². The molecule has 0 bridgehead atoms. The maximum absolute atomic E-state index is 7.46. The van der Waals surface area contributed by atoms with E-state index >= 15 is 0 Å². The van der Waals surface area contributed by atoms with Gasteiger partial charge < -0.3 is 11.5 Å². The summed E-state index contributed by atoms with van der Waals surface area (Å²) in [6, 6.07) is 3.70. The summed E-state index contributed by atoms with van der Waals surface area (Å²) in [6.45, 7) is 3.89. The van der Waals surface area contributed by atoms with Crippen molar-refractivity contribution in [3.05, 3.63) is 29.0 Å². The third-order valence-electron chi connectivity index (χ3n) is 1.77. The Morgan fingerprint density at radius 3 is 2.27 bits per heavy atom. The molecule has 0 aromatic heterocycles. The number of nitrogens with one attached hydrogen (secondary N) is 1. The van der Waals surface area contributed by atoms with Gasteiger partial charge in [-0.15, -0.1) is 5.69 Å². The first-order valence-electron chi connectivity index (χ1n) is 3.20. The number of nitrogens with two attached hydrogens (primary N) is 1. The van der Waals surface area contributed by atoms with E-state index < -0.39 is 0 Å². The number of hydrogen-bond acceptors (Lipinski definition) is 1. The van der Waals surface area contributed by atoms with Crippen molar-refractivity contribution in [3.8, 4) is 0 Å². The second-order valence-electron chi connectivity index (χ2n) is 2.47. The van der Waals surface area contributed by atoms with Crippen LogP contribution in [0.1, 0.15) is 11.1 Å². The normalized spacial score (nSPS) is 8.91. The van der Waals surface area contributed by atoms with E-state index in [1.54, 1.807) is 6.07 Å². The molecule has 0 saturated heterocycles. The largest absolute Gasteiger partial charge is 1.00 e. The molecule has 0 fully saturated rings. The van der Waals surface area contributed by atoms with Gasteiger partial charge in [0.15, 0.2) is 0 Å². The molecule has 1 rings (SSSR count). The molecule has 0 unspecified atom stereocenters. The van der Waals surface area contributed by atoms with Crippen molar-refractivity contribution in [2.24, 2.45) is 0 Å². The van der Waals surface area contributed by atoms with Crippen molar-refractivity contribution >= 4 is 11.4 Å². The van der Waals surface area contributed by atoms with E-state index in [0.29, 0.717) is 11.4 Å². The van der Waals surface area contributed by atoms with Gasteiger partial charge in [0.2, 0.25) is 0 Å². The maximum Gasteiger partial charge on any atom is 1.00 e. The minimum atomic E-state index is 0. The summed E-state index contributed by atoms with van der Waals surface area (Å²) in [5, 5.41) is 0. The SMILES string of the molecule is Cc1ccc(N)c([NH-])c1C.[Rb+]. The zero-order chi connectivity index (χ0) is 7.72. The summed E-state index contributed by atoms with van der Waals surface area (Å²) >= 11 is 0. The third-order valence-corrected chi connectivity index (χ3v) is 1.77. The predicted molar refractivity (Wildman–Crippen MR) is 44.3 cm³/mol. The van der Waals surface area contributed by atoms with Gasteiger partial charge in [-0.3, -0.25) is 0 Å². The molecule has 11 heavy (non-hydrogen) atoms. The van der Waals surface area contributed by atoms with Gasteiger partial charge in [0.1, 0.15) is 0 Å². The molecule has 0 spiro atoms. The Hall–Kier alpha value is 0.625. The first-order valence-corrected chi connectivity index (χ1v) is 3.20. The van der Waals surface area contributed by atoms with Crippen LogP contribution >= 0.6 is 0 Å². The van der Waals surface area contributed by atoms with E-state index in [9.17, 15) is 0 Å². The Labute approximate surface area is 116 Å². The van der Waals surface area contributed by atoms with Crippen LogP contribution in [-0.4, -0.2) is 0 Å². The Balaban J connectivity index is 0.000001000. The van der Waals surface area contributed by atoms with Crippen molar-refractivity contribution in [2.45, 2.75) is 13.8 Å². The summed E-state index contributed by atoms with van der Waals surface area (Å²) in [7, 11) is 0. The molecular formula is C8H11N2Rb. The van der Waals surface area contributed by atoms with E-state index in [4.69, 9.17) is 11.5 Å². The van der Waals surface area contributed by atoms with Crippen LogP contribution in [0.3, 0.4) is 0 Å². The minimum absolute atomic E-state index is 0. The second-order valence-corrected chi connectivity index (χ2v) is 2.47. The van der Waals surface area contributed by atoms with E-state index in [0.717, 1.165) is 11.1 Å². The summed E-state index contributed by atoms with van der Waals surface area (Å²) < 4.78 is 0. The van der Waals surface area contributed by atoms with Crippen LogP contribution in [0.5, 0.6) is 0 Å². The zero-order valence-electron chi connectivity index (χ0n) is 7.23. The fourth-order valence-corrected chi connectivity index (χ4v) is 0.837. The van der Waals surface area contributed by atoms with Crippen molar-refractivity contribution in [3.63, 3.8) is 0 Å². The van der Waals surface area contributed by atoms with E-state index in [1.165, 1.54) is 0 Å². The van der Waals surface area contributed by atoms with Crippen LogP contribution < -0.4 is 63.9 Å². The molecule has 0 heterocycles.